The van der Waals surface area contributed by atoms with Crippen LogP contribution in [0.5, 0.6) is 17.2 Å². The van der Waals surface area contributed by atoms with Crippen LogP contribution in [0.3, 0.4) is 0 Å². The van der Waals surface area contributed by atoms with Crippen LogP contribution in [0.2, 0.25) is 0 Å². The van der Waals surface area contributed by atoms with Crippen LogP contribution in [0.25, 0.3) is 0 Å². The Morgan fingerprint density at radius 2 is 1.56 bits per heavy atom. The van der Waals surface area contributed by atoms with Crippen LogP contribution in [0, 0.1) is 0 Å². The molecule has 0 aliphatic carbocycles. The molecule has 2 aromatic rings. The molecular formula is C21H26N2O8S. The molecule has 2 aromatic carbocycles. The molecule has 0 saturated heterocycles. The van der Waals surface area contributed by atoms with Gasteiger partial charge in [0.2, 0.25) is 10.0 Å². The highest BCUT2D eigenvalue weighted by atomic mass is 32.2. The van der Waals surface area contributed by atoms with E-state index in [1.807, 2.05) is 0 Å². The number of carbonyl (C=O) groups excluding carboxylic acids is 2. The standard InChI is InChI=1S/C21H26N2O8S/c1-13(31-15-9-7-14(8-10-15)23(2)32(6,26)27)20(24)22-17-12-19(29-4)18(28-3)11-16(17)21(25)30-5/h7-13H,1-6H3,(H,22,24). The van der Waals surface area contributed by atoms with Crippen molar-refractivity contribution in [3.8, 4) is 17.2 Å². The van der Waals surface area contributed by atoms with Crippen molar-refractivity contribution in [1.82, 2.24) is 0 Å². The molecule has 1 atom stereocenters. The fourth-order valence-corrected chi connectivity index (χ4v) is 3.18. The van der Waals surface area contributed by atoms with Crippen molar-refractivity contribution in [3.63, 3.8) is 0 Å². The number of sulfonamides is 1. The molecule has 32 heavy (non-hydrogen) atoms. The van der Waals surface area contributed by atoms with Crippen LogP contribution >= 0.6 is 0 Å². The van der Waals surface area contributed by atoms with Crippen LogP contribution < -0.4 is 23.8 Å². The van der Waals surface area contributed by atoms with Gasteiger partial charge >= 0.3 is 5.97 Å². The smallest absolute Gasteiger partial charge is 0.340 e. The van der Waals surface area contributed by atoms with Gasteiger partial charge in [0.1, 0.15) is 5.75 Å². The molecule has 174 valence electrons. The largest absolute Gasteiger partial charge is 0.493 e. The maximum atomic E-state index is 12.7. The van der Waals surface area contributed by atoms with Crippen LogP contribution in [0.1, 0.15) is 17.3 Å². The zero-order chi connectivity index (χ0) is 24.1. The summed E-state index contributed by atoms with van der Waals surface area (Å²) >= 11 is 0. The highest BCUT2D eigenvalue weighted by molar-refractivity contribution is 7.92. The first-order valence-electron chi connectivity index (χ1n) is 9.37. The van der Waals surface area contributed by atoms with Crippen molar-refractivity contribution in [2.45, 2.75) is 13.0 Å². The molecule has 1 unspecified atom stereocenters. The van der Waals surface area contributed by atoms with Gasteiger partial charge in [0.05, 0.1) is 44.5 Å². The molecular weight excluding hydrogens is 440 g/mol. The van der Waals surface area contributed by atoms with Gasteiger partial charge in [0, 0.05) is 19.2 Å². The Balaban J connectivity index is 2.19. The minimum absolute atomic E-state index is 0.0823. The molecule has 0 aliphatic rings. The van der Waals surface area contributed by atoms with E-state index in [0.717, 1.165) is 10.6 Å². The summed E-state index contributed by atoms with van der Waals surface area (Å²) in [6.45, 7) is 1.53. The number of hydrogen-bond acceptors (Lipinski definition) is 8. The number of benzene rings is 2. The fourth-order valence-electron chi connectivity index (χ4n) is 2.68. The van der Waals surface area contributed by atoms with E-state index in [1.54, 1.807) is 24.3 Å². The van der Waals surface area contributed by atoms with E-state index in [4.69, 9.17) is 18.9 Å². The Labute approximate surface area is 187 Å². The molecule has 0 saturated carbocycles. The third kappa shape index (κ3) is 5.82. The lowest BCUT2D eigenvalue weighted by atomic mass is 10.1. The van der Waals surface area contributed by atoms with Crippen molar-refractivity contribution in [1.29, 1.82) is 0 Å². The van der Waals surface area contributed by atoms with Gasteiger partial charge in [-0.3, -0.25) is 9.10 Å². The summed E-state index contributed by atoms with van der Waals surface area (Å²) in [4.78, 5) is 24.8. The molecule has 0 fully saturated rings. The normalized spacial score (nSPS) is 11.8. The van der Waals surface area contributed by atoms with E-state index < -0.39 is 28.0 Å². The predicted molar refractivity (Wildman–Crippen MR) is 119 cm³/mol. The highest BCUT2D eigenvalue weighted by Gasteiger charge is 2.22. The molecule has 10 nitrogen and oxygen atoms in total. The summed E-state index contributed by atoms with van der Waals surface area (Å²) in [6.07, 6.45) is 0.160. The van der Waals surface area contributed by atoms with Gasteiger partial charge in [-0.15, -0.1) is 0 Å². The zero-order valence-corrected chi connectivity index (χ0v) is 19.5. The third-order valence-electron chi connectivity index (χ3n) is 4.57. The Kier molecular flexibility index (Phi) is 7.92. The Bertz CT molecular complexity index is 1080. The molecule has 11 heteroatoms. The summed E-state index contributed by atoms with van der Waals surface area (Å²) in [7, 11) is 2.12. The minimum Gasteiger partial charge on any atom is -0.493 e. The quantitative estimate of drug-likeness (QED) is 0.559. The zero-order valence-electron chi connectivity index (χ0n) is 18.7. The summed E-state index contributed by atoms with van der Waals surface area (Å²) in [5.74, 6) is -0.220. The maximum absolute atomic E-state index is 12.7. The number of anilines is 2. The first kappa shape index (κ1) is 24.8. The lowest BCUT2D eigenvalue weighted by Gasteiger charge is -2.19. The SMILES string of the molecule is COC(=O)c1cc(OC)c(OC)cc1NC(=O)C(C)Oc1ccc(N(C)S(C)(=O)=O)cc1. The topological polar surface area (TPSA) is 120 Å². The Morgan fingerprint density at radius 3 is 2.06 bits per heavy atom. The minimum atomic E-state index is -3.39. The lowest BCUT2D eigenvalue weighted by molar-refractivity contribution is -0.122. The van der Waals surface area contributed by atoms with Crippen molar-refractivity contribution >= 4 is 33.3 Å². The van der Waals surface area contributed by atoms with Gasteiger partial charge in [-0.05, 0) is 31.2 Å². The first-order valence-corrected chi connectivity index (χ1v) is 11.2. The summed E-state index contributed by atoms with van der Waals surface area (Å²) in [6, 6.07) is 9.08. The van der Waals surface area contributed by atoms with E-state index >= 15 is 0 Å². The van der Waals surface area contributed by atoms with Crippen LogP contribution in [-0.4, -0.2) is 61.0 Å². The fraction of sp³-hybridized carbons (Fsp3) is 0.333. The van der Waals surface area contributed by atoms with Crippen LogP contribution in [0.4, 0.5) is 11.4 Å². The van der Waals surface area contributed by atoms with Gasteiger partial charge < -0.3 is 24.3 Å². The molecule has 2 rings (SSSR count). The van der Waals surface area contributed by atoms with Crippen molar-refractivity contribution in [3.05, 3.63) is 42.0 Å². The number of esters is 1. The van der Waals surface area contributed by atoms with Gasteiger partial charge in [-0.25, -0.2) is 13.2 Å². The van der Waals surface area contributed by atoms with Crippen molar-refractivity contribution < 1.29 is 37.0 Å². The number of carbonyl (C=O) groups is 2. The highest BCUT2D eigenvalue weighted by Crippen LogP contribution is 2.34. The molecule has 0 aliphatic heterocycles. The van der Waals surface area contributed by atoms with E-state index in [9.17, 15) is 18.0 Å². The molecule has 0 bridgehead atoms. The average Bonchev–Trinajstić information content (AvgIpc) is 2.77. The molecule has 0 radical (unpaired) electrons. The lowest BCUT2D eigenvalue weighted by Crippen LogP contribution is -2.31. The molecule has 0 spiro atoms. The van der Waals surface area contributed by atoms with E-state index in [2.05, 4.69) is 5.32 Å². The van der Waals surface area contributed by atoms with Crippen molar-refractivity contribution in [2.24, 2.45) is 0 Å². The molecule has 1 N–H and O–H groups in total. The average molecular weight is 467 g/mol. The Morgan fingerprint density at radius 1 is 1.00 bits per heavy atom. The number of nitrogens with zero attached hydrogens (tertiary/aromatic N) is 1. The number of nitrogens with one attached hydrogen (secondary N) is 1. The van der Waals surface area contributed by atoms with Gasteiger partial charge in [0.15, 0.2) is 17.6 Å². The first-order chi connectivity index (χ1) is 15.0. The Hall–Kier alpha value is -3.47. The molecule has 1 amide bonds. The van der Waals surface area contributed by atoms with Gasteiger partial charge in [-0.1, -0.05) is 0 Å². The second kappa shape index (κ2) is 10.2. The van der Waals surface area contributed by atoms with E-state index in [0.29, 0.717) is 22.9 Å². The van der Waals surface area contributed by atoms with E-state index in [1.165, 1.54) is 47.4 Å². The predicted octanol–water partition coefficient (Wildman–Crippen LogP) is 2.29. The summed E-state index contributed by atoms with van der Waals surface area (Å²) in [5.41, 5.74) is 0.698. The second-order valence-electron chi connectivity index (χ2n) is 6.72. The summed E-state index contributed by atoms with van der Waals surface area (Å²) in [5, 5.41) is 2.63. The molecule has 0 heterocycles. The van der Waals surface area contributed by atoms with Crippen LogP contribution in [0.15, 0.2) is 36.4 Å². The number of ether oxygens (including phenoxy) is 4. The number of amides is 1. The van der Waals surface area contributed by atoms with Crippen molar-refractivity contribution in [2.75, 3.05) is 44.3 Å². The van der Waals surface area contributed by atoms with E-state index in [-0.39, 0.29) is 11.3 Å². The maximum Gasteiger partial charge on any atom is 0.340 e. The number of hydrogen-bond donors (Lipinski definition) is 1. The monoisotopic (exact) mass is 466 g/mol. The second-order valence-corrected chi connectivity index (χ2v) is 8.73. The van der Waals surface area contributed by atoms with Gasteiger partial charge in [0.25, 0.3) is 5.91 Å². The van der Waals surface area contributed by atoms with Gasteiger partial charge in [-0.2, -0.15) is 0 Å². The summed E-state index contributed by atoms with van der Waals surface area (Å²) < 4.78 is 45.2. The van der Waals surface area contributed by atoms with Crippen LogP contribution in [-0.2, 0) is 19.6 Å². The number of methoxy groups -OCH3 is 3. The number of rotatable bonds is 9. The third-order valence-corrected chi connectivity index (χ3v) is 5.77. The molecule has 0 aromatic heterocycles.